The smallest absolute Gasteiger partial charge is 0.0718 e. The average molecular weight is 330 g/mol. The van der Waals surface area contributed by atoms with E-state index in [9.17, 15) is 5.11 Å². The number of nitrogens with zero attached hydrogens (tertiary/aromatic N) is 1. The van der Waals surface area contributed by atoms with E-state index >= 15 is 0 Å². The van der Waals surface area contributed by atoms with E-state index in [-0.39, 0.29) is 0 Å². The standard InChI is InChI=1S/C19H26N2OS/c1-14-15(8-10-23-14)11-20-18-6-4-5-16-12-21(9-7-17(16)18)13-19(2,3)22/h4-6,8,10,20,22H,7,9,11-13H2,1-3H3. The van der Waals surface area contributed by atoms with Gasteiger partial charge in [-0.25, -0.2) is 0 Å². The van der Waals surface area contributed by atoms with Crippen molar-refractivity contribution in [2.75, 3.05) is 18.4 Å². The van der Waals surface area contributed by atoms with Gasteiger partial charge in [-0.2, -0.15) is 0 Å². The van der Waals surface area contributed by atoms with Gasteiger partial charge in [0.05, 0.1) is 5.60 Å². The van der Waals surface area contributed by atoms with Crippen LogP contribution < -0.4 is 5.32 Å². The van der Waals surface area contributed by atoms with Crippen LogP contribution in [-0.2, 0) is 19.5 Å². The van der Waals surface area contributed by atoms with Gasteiger partial charge in [0.25, 0.3) is 0 Å². The molecule has 1 aromatic carbocycles. The molecule has 0 atom stereocenters. The molecular formula is C19H26N2OS. The first kappa shape index (κ1) is 16.5. The van der Waals surface area contributed by atoms with Crippen molar-refractivity contribution < 1.29 is 5.11 Å². The van der Waals surface area contributed by atoms with Crippen molar-refractivity contribution in [2.24, 2.45) is 0 Å². The van der Waals surface area contributed by atoms with E-state index < -0.39 is 5.60 Å². The number of thiophene rings is 1. The van der Waals surface area contributed by atoms with E-state index in [1.54, 1.807) is 11.3 Å². The van der Waals surface area contributed by atoms with Gasteiger partial charge in [-0.3, -0.25) is 4.90 Å². The van der Waals surface area contributed by atoms with E-state index in [4.69, 9.17) is 0 Å². The van der Waals surface area contributed by atoms with Gasteiger partial charge in [0, 0.05) is 36.7 Å². The maximum atomic E-state index is 10.0. The number of fused-ring (bicyclic) bond motifs is 1. The molecule has 4 heteroatoms. The lowest BCUT2D eigenvalue weighted by molar-refractivity contribution is 0.0318. The molecule has 0 aliphatic carbocycles. The molecule has 124 valence electrons. The van der Waals surface area contributed by atoms with Crippen molar-refractivity contribution in [2.45, 2.75) is 45.9 Å². The summed E-state index contributed by atoms with van der Waals surface area (Å²) in [4.78, 5) is 3.73. The average Bonchev–Trinajstić information content (AvgIpc) is 2.88. The molecule has 1 aliphatic heterocycles. The molecule has 1 aliphatic rings. The van der Waals surface area contributed by atoms with Crippen LogP contribution in [0.15, 0.2) is 29.6 Å². The molecule has 2 heterocycles. The first-order chi connectivity index (χ1) is 10.9. The lowest BCUT2D eigenvalue weighted by atomic mass is 9.96. The number of rotatable bonds is 5. The van der Waals surface area contributed by atoms with Crippen LogP contribution in [-0.4, -0.2) is 28.7 Å². The Hall–Kier alpha value is -1.36. The monoisotopic (exact) mass is 330 g/mol. The molecule has 1 aromatic heterocycles. The third-order valence-corrected chi connectivity index (χ3v) is 5.28. The Morgan fingerprint density at radius 1 is 1.30 bits per heavy atom. The maximum absolute atomic E-state index is 10.0. The highest BCUT2D eigenvalue weighted by Gasteiger charge is 2.23. The first-order valence-corrected chi connectivity index (χ1v) is 9.13. The fraction of sp³-hybridized carbons (Fsp3) is 0.474. The van der Waals surface area contributed by atoms with Gasteiger partial charge < -0.3 is 10.4 Å². The fourth-order valence-corrected chi connectivity index (χ4v) is 4.03. The molecule has 23 heavy (non-hydrogen) atoms. The van der Waals surface area contributed by atoms with E-state index in [1.165, 1.54) is 27.3 Å². The molecule has 0 amide bonds. The highest BCUT2D eigenvalue weighted by atomic mass is 32.1. The molecule has 0 spiro atoms. The van der Waals surface area contributed by atoms with Crippen LogP contribution in [0.25, 0.3) is 0 Å². The van der Waals surface area contributed by atoms with Gasteiger partial charge in [0.15, 0.2) is 0 Å². The van der Waals surface area contributed by atoms with E-state index in [0.717, 1.165) is 32.6 Å². The van der Waals surface area contributed by atoms with Gasteiger partial charge in [-0.15, -0.1) is 11.3 Å². The summed E-state index contributed by atoms with van der Waals surface area (Å²) in [6, 6.07) is 8.74. The van der Waals surface area contributed by atoms with Crippen molar-refractivity contribution in [1.29, 1.82) is 0 Å². The molecule has 0 fully saturated rings. The number of aryl methyl sites for hydroxylation is 1. The fourth-order valence-electron chi connectivity index (χ4n) is 3.30. The summed E-state index contributed by atoms with van der Waals surface area (Å²) in [6.45, 7) is 9.47. The van der Waals surface area contributed by atoms with Crippen molar-refractivity contribution in [3.63, 3.8) is 0 Å². The number of benzene rings is 1. The van der Waals surface area contributed by atoms with Crippen LogP contribution in [0, 0.1) is 6.92 Å². The Morgan fingerprint density at radius 2 is 2.13 bits per heavy atom. The quantitative estimate of drug-likeness (QED) is 0.875. The van der Waals surface area contributed by atoms with E-state index in [0.29, 0.717) is 0 Å². The highest BCUT2D eigenvalue weighted by molar-refractivity contribution is 7.10. The summed E-state index contributed by atoms with van der Waals surface area (Å²) in [7, 11) is 0. The zero-order valence-corrected chi connectivity index (χ0v) is 15.0. The maximum Gasteiger partial charge on any atom is 0.0718 e. The minimum Gasteiger partial charge on any atom is -0.389 e. The zero-order valence-electron chi connectivity index (χ0n) is 14.2. The molecule has 2 aromatic rings. The number of aliphatic hydroxyl groups is 1. The summed E-state index contributed by atoms with van der Waals surface area (Å²) in [6.07, 6.45) is 1.04. The largest absolute Gasteiger partial charge is 0.389 e. The summed E-state index contributed by atoms with van der Waals surface area (Å²) in [5.74, 6) is 0. The Balaban J connectivity index is 1.71. The lowest BCUT2D eigenvalue weighted by Gasteiger charge is -2.34. The summed E-state index contributed by atoms with van der Waals surface area (Å²) in [5, 5.41) is 15.8. The van der Waals surface area contributed by atoms with Gasteiger partial charge in [0.1, 0.15) is 0 Å². The molecule has 0 unspecified atom stereocenters. The van der Waals surface area contributed by atoms with Crippen molar-refractivity contribution in [1.82, 2.24) is 4.90 Å². The SMILES string of the molecule is Cc1sccc1CNc1cccc2c1CCN(CC(C)(C)O)C2. The van der Waals surface area contributed by atoms with Crippen molar-refractivity contribution in [3.8, 4) is 0 Å². The third kappa shape index (κ3) is 4.14. The minimum atomic E-state index is -0.635. The zero-order chi connectivity index (χ0) is 16.4. The molecule has 0 saturated carbocycles. The molecule has 0 bridgehead atoms. The Kier molecular flexibility index (Phi) is 4.76. The van der Waals surface area contributed by atoms with Crippen LogP contribution in [0.1, 0.15) is 35.4 Å². The van der Waals surface area contributed by atoms with Crippen LogP contribution in [0.5, 0.6) is 0 Å². The van der Waals surface area contributed by atoms with Gasteiger partial charge >= 0.3 is 0 Å². The summed E-state index contributed by atoms with van der Waals surface area (Å²) < 4.78 is 0. The second-order valence-electron chi connectivity index (χ2n) is 7.07. The second-order valence-corrected chi connectivity index (χ2v) is 8.19. The van der Waals surface area contributed by atoms with Crippen LogP contribution in [0.2, 0.25) is 0 Å². The Morgan fingerprint density at radius 3 is 2.83 bits per heavy atom. The highest BCUT2D eigenvalue weighted by Crippen LogP contribution is 2.28. The van der Waals surface area contributed by atoms with E-state index in [2.05, 4.69) is 46.8 Å². The number of hydrogen-bond donors (Lipinski definition) is 2. The van der Waals surface area contributed by atoms with Crippen molar-refractivity contribution in [3.05, 3.63) is 51.2 Å². The lowest BCUT2D eigenvalue weighted by Crippen LogP contribution is -2.41. The summed E-state index contributed by atoms with van der Waals surface area (Å²) in [5.41, 5.74) is 4.83. The number of anilines is 1. The van der Waals surface area contributed by atoms with E-state index in [1.807, 2.05) is 13.8 Å². The molecule has 3 rings (SSSR count). The normalized spacial score (nSPS) is 15.5. The molecule has 0 radical (unpaired) electrons. The van der Waals surface area contributed by atoms with Crippen LogP contribution in [0.3, 0.4) is 0 Å². The van der Waals surface area contributed by atoms with Gasteiger partial charge in [-0.1, -0.05) is 12.1 Å². The second kappa shape index (κ2) is 6.63. The Labute approximate surface area is 143 Å². The number of β-amino-alcohol motifs (C(OH)–C–C–N with tert-alkyl or cyclic N) is 1. The third-order valence-electron chi connectivity index (χ3n) is 4.39. The predicted octanol–water partition coefficient (Wildman–Crippen LogP) is 3.80. The first-order valence-electron chi connectivity index (χ1n) is 8.25. The van der Waals surface area contributed by atoms with Gasteiger partial charge in [-0.05, 0) is 61.4 Å². The van der Waals surface area contributed by atoms with Crippen molar-refractivity contribution >= 4 is 17.0 Å². The molecule has 2 N–H and O–H groups in total. The molecular weight excluding hydrogens is 304 g/mol. The number of nitrogens with one attached hydrogen (secondary N) is 1. The van der Waals surface area contributed by atoms with Gasteiger partial charge in [0.2, 0.25) is 0 Å². The predicted molar refractivity (Wildman–Crippen MR) is 98.1 cm³/mol. The minimum absolute atomic E-state index is 0.635. The number of hydrogen-bond acceptors (Lipinski definition) is 4. The Bertz CT molecular complexity index is 672. The van der Waals surface area contributed by atoms with Crippen LogP contribution in [0.4, 0.5) is 5.69 Å². The molecule has 3 nitrogen and oxygen atoms in total. The van der Waals surface area contributed by atoms with Crippen LogP contribution >= 0.6 is 11.3 Å². The molecule has 0 saturated heterocycles. The topological polar surface area (TPSA) is 35.5 Å². The summed E-state index contributed by atoms with van der Waals surface area (Å²) >= 11 is 1.80.